The Balaban J connectivity index is 1.25. The molecule has 27 heavy (non-hydrogen) atoms. The Morgan fingerprint density at radius 1 is 1.11 bits per heavy atom. The second-order valence-corrected chi connectivity index (χ2v) is 9.17. The normalized spacial score (nSPS) is 14.7. The monoisotopic (exact) mass is 414 g/mol. The highest BCUT2D eigenvalue weighted by Gasteiger charge is 2.34. The molecule has 1 aliphatic rings. The summed E-state index contributed by atoms with van der Waals surface area (Å²) in [4.78, 5) is 23.8. The van der Waals surface area contributed by atoms with Gasteiger partial charge in [-0.15, -0.1) is 0 Å². The largest absolute Gasteiger partial charge is 0.346 e. The lowest BCUT2D eigenvalue weighted by atomic mass is 10.0. The number of amides is 1. The number of halogens is 1. The number of hydrogen-bond donors (Lipinski definition) is 1. The van der Waals surface area contributed by atoms with Gasteiger partial charge < -0.3 is 10.2 Å². The first-order valence-corrected chi connectivity index (χ1v) is 10.6. The van der Waals surface area contributed by atoms with Crippen molar-refractivity contribution in [3.05, 3.63) is 47.0 Å². The third kappa shape index (κ3) is 3.16. The van der Waals surface area contributed by atoms with Gasteiger partial charge in [0.2, 0.25) is 5.91 Å². The minimum absolute atomic E-state index is 0.00774. The van der Waals surface area contributed by atoms with Gasteiger partial charge in [-0.3, -0.25) is 4.79 Å². The Morgan fingerprint density at radius 2 is 1.85 bits per heavy atom. The molecule has 2 aromatic heterocycles. The number of nitrogens with one attached hydrogen (secondary N) is 1. The van der Waals surface area contributed by atoms with Gasteiger partial charge in [-0.05, 0) is 42.8 Å². The van der Waals surface area contributed by atoms with Crippen LogP contribution in [0.1, 0.15) is 5.56 Å². The number of carbonyl (C=O) groups is 1. The number of fused-ring (bicyclic) bond motifs is 2. The van der Waals surface area contributed by atoms with Crippen LogP contribution >= 0.6 is 34.3 Å². The number of hydrogen-bond acceptors (Lipinski definition) is 6. The fourth-order valence-electron chi connectivity index (χ4n) is 3.11. The van der Waals surface area contributed by atoms with Gasteiger partial charge in [0.05, 0.1) is 26.4 Å². The second-order valence-electron chi connectivity index (χ2n) is 6.69. The zero-order valence-electron chi connectivity index (χ0n) is 14.4. The van der Waals surface area contributed by atoms with Gasteiger partial charge in [0.1, 0.15) is 0 Å². The molecule has 1 aliphatic heterocycles. The van der Waals surface area contributed by atoms with E-state index in [1.54, 1.807) is 17.4 Å². The highest BCUT2D eigenvalue weighted by atomic mass is 35.5. The molecule has 0 aliphatic carbocycles. The lowest BCUT2D eigenvalue weighted by Gasteiger charge is -2.37. The van der Waals surface area contributed by atoms with E-state index in [2.05, 4.69) is 39.2 Å². The first-order valence-electron chi connectivity index (χ1n) is 8.54. The molecule has 0 radical (unpaired) electrons. The van der Waals surface area contributed by atoms with E-state index in [0.717, 1.165) is 20.9 Å². The van der Waals surface area contributed by atoms with Gasteiger partial charge in [-0.25, -0.2) is 9.97 Å². The van der Waals surface area contributed by atoms with Gasteiger partial charge in [0.25, 0.3) is 0 Å². The lowest BCUT2D eigenvalue weighted by Crippen LogP contribution is -2.52. The van der Waals surface area contributed by atoms with E-state index in [-0.39, 0.29) is 11.8 Å². The molecule has 5 nitrogen and oxygen atoms in total. The molecule has 1 fully saturated rings. The zero-order valence-corrected chi connectivity index (χ0v) is 16.8. The summed E-state index contributed by atoms with van der Waals surface area (Å²) in [6, 6.07) is 11.8. The fourth-order valence-corrected chi connectivity index (χ4v) is 5.34. The Morgan fingerprint density at radius 3 is 2.70 bits per heavy atom. The maximum absolute atomic E-state index is 12.5. The Labute approximate surface area is 168 Å². The third-order valence-corrected chi connectivity index (χ3v) is 6.88. The van der Waals surface area contributed by atoms with E-state index in [1.807, 2.05) is 18.2 Å². The van der Waals surface area contributed by atoms with E-state index in [0.29, 0.717) is 23.2 Å². The smallest absolute Gasteiger partial charge is 0.232 e. The minimum Gasteiger partial charge on any atom is -0.346 e. The summed E-state index contributed by atoms with van der Waals surface area (Å²) in [6.07, 6.45) is 0. The Bertz CT molecular complexity index is 1180. The maximum atomic E-state index is 12.5. The van der Waals surface area contributed by atoms with E-state index in [9.17, 15) is 4.79 Å². The summed E-state index contributed by atoms with van der Waals surface area (Å²) >= 11 is 9.13. The summed E-state index contributed by atoms with van der Waals surface area (Å²) in [5.41, 5.74) is 3.09. The summed E-state index contributed by atoms with van der Waals surface area (Å²) < 4.78 is 2.16. The zero-order chi connectivity index (χ0) is 18.5. The van der Waals surface area contributed by atoms with E-state index in [4.69, 9.17) is 11.6 Å². The molecule has 0 atom stereocenters. The van der Waals surface area contributed by atoms with Crippen LogP contribution in [0.3, 0.4) is 0 Å². The molecule has 4 aromatic rings. The van der Waals surface area contributed by atoms with Crippen molar-refractivity contribution in [2.45, 2.75) is 6.92 Å². The molecule has 5 rings (SSSR count). The average molecular weight is 415 g/mol. The third-order valence-electron chi connectivity index (χ3n) is 4.64. The number of rotatable bonds is 3. The number of aromatic nitrogens is 2. The summed E-state index contributed by atoms with van der Waals surface area (Å²) in [5.74, 6) is -0.0392. The van der Waals surface area contributed by atoms with Crippen LogP contribution in [-0.2, 0) is 4.79 Å². The quantitative estimate of drug-likeness (QED) is 0.515. The molecule has 1 saturated heterocycles. The molecule has 0 spiro atoms. The Hall–Kier alpha value is -2.22. The molecule has 0 saturated carbocycles. The van der Waals surface area contributed by atoms with Crippen molar-refractivity contribution in [3.8, 4) is 0 Å². The number of benzene rings is 2. The van der Waals surface area contributed by atoms with Crippen LogP contribution in [0, 0.1) is 12.8 Å². The molecule has 1 N–H and O–H groups in total. The van der Waals surface area contributed by atoms with Crippen LogP contribution in [0.4, 0.5) is 10.3 Å². The van der Waals surface area contributed by atoms with Crippen LogP contribution in [0.15, 0.2) is 36.4 Å². The predicted molar refractivity (Wildman–Crippen MR) is 113 cm³/mol. The van der Waals surface area contributed by atoms with Gasteiger partial charge in [-0.2, -0.15) is 0 Å². The van der Waals surface area contributed by atoms with Gasteiger partial charge in [0, 0.05) is 18.1 Å². The molecule has 1 amide bonds. The Kier molecular flexibility index (Phi) is 4.03. The molecule has 136 valence electrons. The van der Waals surface area contributed by atoms with Crippen molar-refractivity contribution in [1.82, 2.24) is 9.97 Å². The second kappa shape index (κ2) is 6.44. The molecule has 8 heteroatoms. The van der Waals surface area contributed by atoms with Crippen LogP contribution in [-0.4, -0.2) is 29.0 Å². The number of thiazole rings is 2. The van der Waals surface area contributed by atoms with Gasteiger partial charge in [0.15, 0.2) is 10.3 Å². The fraction of sp³-hybridized carbons (Fsp3) is 0.211. The number of nitrogens with zero attached hydrogens (tertiary/aromatic N) is 3. The van der Waals surface area contributed by atoms with Crippen LogP contribution in [0.5, 0.6) is 0 Å². The standard InChI is InChI=1S/C19H15ClN4OS2/c1-10-2-4-14-15(6-10)27-19(22-14)24-8-11(9-24)17(25)23-18-21-13-5-3-12(20)7-16(13)26-18/h2-7,11H,8-9H2,1H3,(H,21,23,25). The lowest BCUT2D eigenvalue weighted by molar-refractivity contribution is -0.120. The van der Waals surface area contributed by atoms with Crippen molar-refractivity contribution < 1.29 is 4.79 Å². The van der Waals surface area contributed by atoms with Crippen molar-refractivity contribution in [3.63, 3.8) is 0 Å². The van der Waals surface area contributed by atoms with E-state index < -0.39 is 0 Å². The minimum atomic E-state index is -0.0469. The SMILES string of the molecule is Cc1ccc2nc(N3CC(C(=O)Nc4nc5ccc(Cl)cc5s4)C3)sc2c1. The van der Waals surface area contributed by atoms with Gasteiger partial charge >= 0.3 is 0 Å². The topological polar surface area (TPSA) is 58.1 Å². The van der Waals surface area contributed by atoms with Crippen LogP contribution in [0.25, 0.3) is 20.4 Å². The first kappa shape index (κ1) is 16.9. The van der Waals surface area contributed by atoms with Crippen LogP contribution < -0.4 is 10.2 Å². The van der Waals surface area contributed by atoms with E-state index in [1.165, 1.54) is 21.6 Å². The summed E-state index contributed by atoms with van der Waals surface area (Å²) in [7, 11) is 0. The molecular formula is C19H15ClN4OS2. The summed E-state index contributed by atoms with van der Waals surface area (Å²) in [5, 5.41) is 5.21. The molecule has 0 bridgehead atoms. The highest BCUT2D eigenvalue weighted by molar-refractivity contribution is 7.22. The number of anilines is 2. The molecular weight excluding hydrogens is 400 g/mol. The van der Waals surface area contributed by atoms with Crippen LogP contribution in [0.2, 0.25) is 5.02 Å². The van der Waals surface area contributed by atoms with Crippen molar-refractivity contribution in [2.75, 3.05) is 23.3 Å². The molecule has 0 unspecified atom stereocenters. The average Bonchev–Trinajstić information content (AvgIpc) is 3.15. The number of aryl methyl sites for hydroxylation is 1. The molecule has 3 heterocycles. The first-order chi connectivity index (χ1) is 13.0. The van der Waals surface area contributed by atoms with Crippen molar-refractivity contribution >= 4 is 70.9 Å². The highest BCUT2D eigenvalue weighted by Crippen LogP contribution is 2.34. The van der Waals surface area contributed by atoms with E-state index >= 15 is 0 Å². The van der Waals surface area contributed by atoms with Crippen molar-refractivity contribution in [2.24, 2.45) is 5.92 Å². The maximum Gasteiger partial charge on any atom is 0.232 e. The predicted octanol–water partition coefficient (Wildman–Crippen LogP) is 4.94. The van der Waals surface area contributed by atoms with Gasteiger partial charge in [-0.1, -0.05) is 40.3 Å². The number of carbonyl (C=O) groups excluding carboxylic acids is 1. The summed E-state index contributed by atoms with van der Waals surface area (Å²) in [6.45, 7) is 3.45. The van der Waals surface area contributed by atoms with Crippen molar-refractivity contribution in [1.29, 1.82) is 0 Å². The molecule has 2 aromatic carbocycles.